The van der Waals surface area contributed by atoms with Gasteiger partial charge in [-0.2, -0.15) is 5.10 Å². The molecular formula is C15H16F2N2O3. The van der Waals surface area contributed by atoms with Crippen molar-refractivity contribution in [2.75, 3.05) is 6.61 Å². The Labute approximate surface area is 125 Å². The van der Waals surface area contributed by atoms with Gasteiger partial charge in [0.2, 0.25) is 6.29 Å². The van der Waals surface area contributed by atoms with Crippen LogP contribution in [0.25, 0.3) is 0 Å². The molecule has 0 amide bonds. The SMILES string of the molecule is CCOC(O)c1n[nH]c2c1C[C@@H](c1ccc(F)c(F)c1)OC2. The molecule has 118 valence electrons. The molecule has 7 heteroatoms. The number of nitrogens with one attached hydrogen (secondary N) is 1. The predicted octanol–water partition coefficient (Wildman–Crippen LogP) is 2.53. The molecule has 5 nitrogen and oxygen atoms in total. The summed E-state index contributed by atoms with van der Waals surface area (Å²) in [4.78, 5) is 0. The lowest BCUT2D eigenvalue weighted by molar-refractivity contribution is -0.102. The first-order chi connectivity index (χ1) is 10.6. The van der Waals surface area contributed by atoms with Crippen LogP contribution in [0.2, 0.25) is 0 Å². The fourth-order valence-electron chi connectivity index (χ4n) is 2.56. The minimum absolute atomic E-state index is 0.255. The van der Waals surface area contributed by atoms with Crippen molar-refractivity contribution in [2.45, 2.75) is 32.3 Å². The van der Waals surface area contributed by atoms with E-state index in [1.807, 2.05) is 0 Å². The van der Waals surface area contributed by atoms with Crippen LogP contribution in [-0.2, 0) is 22.5 Å². The average molecular weight is 310 g/mol. The molecule has 1 aliphatic rings. The second kappa shape index (κ2) is 6.12. The summed E-state index contributed by atoms with van der Waals surface area (Å²) in [5.41, 5.74) is 2.50. The van der Waals surface area contributed by atoms with E-state index in [4.69, 9.17) is 9.47 Å². The molecule has 1 aromatic carbocycles. The van der Waals surface area contributed by atoms with Crippen LogP contribution in [0, 0.1) is 11.6 Å². The minimum atomic E-state index is -1.12. The van der Waals surface area contributed by atoms with Gasteiger partial charge in [0.25, 0.3) is 0 Å². The normalized spacial score (nSPS) is 19.0. The van der Waals surface area contributed by atoms with Crippen LogP contribution in [0.1, 0.15) is 41.8 Å². The highest BCUT2D eigenvalue weighted by Crippen LogP contribution is 2.33. The fraction of sp³-hybridized carbons (Fsp3) is 0.400. The first-order valence-corrected chi connectivity index (χ1v) is 7.02. The molecule has 0 spiro atoms. The highest BCUT2D eigenvalue weighted by molar-refractivity contribution is 5.31. The molecular weight excluding hydrogens is 294 g/mol. The molecule has 2 aromatic rings. The number of halogens is 2. The zero-order valence-electron chi connectivity index (χ0n) is 12.0. The summed E-state index contributed by atoms with van der Waals surface area (Å²) in [5.74, 6) is -1.80. The minimum Gasteiger partial charge on any atom is -0.367 e. The van der Waals surface area contributed by atoms with Crippen molar-refractivity contribution in [1.82, 2.24) is 10.2 Å². The van der Waals surface area contributed by atoms with Crippen molar-refractivity contribution in [2.24, 2.45) is 0 Å². The van der Waals surface area contributed by atoms with E-state index in [1.165, 1.54) is 6.07 Å². The summed E-state index contributed by atoms with van der Waals surface area (Å²) in [6.07, 6.45) is -1.14. The van der Waals surface area contributed by atoms with Crippen LogP contribution >= 0.6 is 0 Å². The third-order valence-electron chi connectivity index (χ3n) is 3.68. The molecule has 1 unspecified atom stereocenters. The van der Waals surface area contributed by atoms with Crippen molar-refractivity contribution in [1.29, 1.82) is 0 Å². The van der Waals surface area contributed by atoms with Crippen molar-refractivity contribution in [3.8, 4) is 0 Å². The van der Waals surface area contributed by atoms with E-state index in [0.717, 1.165) is 23.4 Å². The number of rotatable bonds is 4. The number of aromatic amines is 1. The van der Waals surface area contributed by atoms with E-state index in [0.29, 0.717) is 24.3 Å². The van der Waals surface area contributed by atoms with E-state index in [2.05, 4.69) is 10.2 Å². The maximum Gasteiger partial charge on any atom is 0.200 e. The van der Waals surface area contributed by atoms with Crippen LogP contribution in [0.4, 0.5) is 8.78 Å². The van der Waals surface area contributed by atoms with E-state index < -0.39 is 24.0 Å². The molecule has 0 saturated carbocycles. The Kier molecular flexibility index (Phi) is 4.19. The summed E-state index contributed by atoms with van der Waals surface area (Å²) in [7, 11) is 0. The van der Waals surface area contributed by atoms with Crippen LogP contribution < -0.4 is 0 Å². The third kappa shape index (κ3) is 2.75. The maximum atomic E-state index is 13.4. The van der Waals surface area contributed by atoms with Crippen molar-refractivity contribution in [3.05, 3.63) is 52.3 Å². The zero-order valence-corrected chi connectivity index (χ0v) is 12.0. The quantitative estimate of drug-likeness (QED) is 0.852. The molecule has 0 aliphatic carbocycles. The molecule has 2 atom stereocenters. The zero-order chi connectivity index (χ0) is 15.7. The highest BCUT2D eigenvalue weighted by Gasteiger charge is 2.28. The number of hydrogen-bond donors (Lipinski definition) is 2. The van der Waals surface area contributed by atoms with Gasteiger partial charge in [-0.05, 0) is 24.6 Å². The summed E-state index contributed by atoms with van der Waals surface area (Å²) in [6, 6.07) is 3.70. The van der Waals surface area contributed by atoms with Gasteiger partial charge in [0.1, 0.15) is 5.69 Å². The molecule has 0 fully saturated rings. The molecule has 2 heterocycles. The van der Waals surface area contributed by atoms with E-state index >= 15 is 0 Å². The Morgan fingerprint density at radius 2 is 2.27 bits per heavy atom. The van der Waals surface area contributed by atoms with E-state index in [-0.39, 0.29) is 6.61 Å². The van der Waals surface area contributed by atoms with Gasteiger partial charge in [-0.25, -0.2) is 8.78 Å². The van der Waals surface area contributed by atoms with Crippen LogP contribution in [0.15, 0.2) is 18.2 Å². The summed E-state index contributed by atoms with van der Waals surface area (Å²) < 4.78 is 37.2. The van der Waals surface area contributed by atoms with E-state index in [9.17, 15) is 13.9 Å². The Balaban J connectivity index is 1.86. The summed E-state index contributed by atoms with van der Waals surface area (Å²) in [6.45, 7) is 2.38. The fourth-order valence-corrected chi connectivity index (χ4v) is 2.56. The highest BCUT2D eigenvalue weighted by atomic mass is 19.2. The summed E-state index contributed by atoms with van der Waals surface area (Å²) in [5, 5.41) is 16.8. The monoisotopic (exact) mass is 310 g/mol. The molecule has 1 aliphatic heterocycles. The largest absolute Gasteiger partial charge is 0.367 e. The van der Waals surface area contributed by atoms with Crippen molar-refractivity contribution >= 4 is 0 Å². The van der Waals surface area contributed by atoms with E-state index in [1.54, 1.807) is 6.92 Å². The molecule has 2 N–H and O–H groups in total. The number of nitrogens with zero attached hydrogens (tertiary/aromatic N) is 1. The second-order valence-corrected chi connectivity index (χ2v) is 5.05. The molecule has 0 saturated heterocycles. The Hall–Kier alpha value is -1.83. The topological polar surface area (TPSA) is 67.4 Å². The van der Waals surface area contributed by atoms with Gasteiger partial charge in [-0.1, -0.05) is 6.07 Å². The maximum absolute atomic E-state index is 13.4. The second-order valence-electron chi connectivity index (χ2n) is 5.05. The van der Waals surface area contributed by atoms with Crippen LogP contribution in [-0.4, -0.2) is 21.9 Å². The average Bonchev–Trinajstić information content (AvgIpc) is 2.93. The third-order valence-corrected chi connectivity index (χ3v) is 3.68. The first kappa shape index (κ1) is 15.1. The number of aromatic nitrogens is 2. The number of ether oxygens (including phenoxy) is 2. The number of H-pyrrole nitrogens is 1. The first-order valence-electron chi connectivity index (χ1n) is 7.02. The lowest BCUT2D eigenvalue weighted by Gasteiger charge is -2.24. The smallest absolute Gasteiger partial charge is 0.200 e. The van der Waals surface area contributed by atoms with Gasteiger partial charge in [0, 0.05) is 18.6 Å². The summed E-state index contributed by atoms with van der Waals surface area (Å²) >= 11 is 0. The predicted molar refractivity (Wildman–Crippen MR) is 72.8 cm³/mol. The lowest BCUT2D eigenvalue weighted by atomic mass is 9.97. The van der Waals surface area contributed by atoms with Crippen LogP contribution in [0.5, 0.6) is 0 Å². The van der Waals surface area contributed by atoms with Gasteiger partial charge in [0.15, 0.2) is 11.6 Å². The molecule has 3 rings (SSSR count). The Morgan fingerprint density at radius 1 is 1.45 bits per heavy atom. The molecule has 22 heavy (non-hydrogen) atoms. The standard InChI is InChI=1S/C15H16F2N2O3/c1-2-21-15(20)14-9-6-13(22-7-12(9)18-19-14)8-3-4-10(16)11(17)5-8/h3-5,13,15,20H,2,6-7H2,1H3,(H,18,19)/t13-,15?/m0/s1. The van der Waals surface area contributed by atoms with Crippen molar-refractivity contribution < 1.29 is 23.4 Å². The lowest BCUT2D eigenvalue weighted by Crippen LogP contribution is -2.17. The van der Waals surface area contributed by atoms with Gasteiger partial charge in [-0.3, -0.25) is 5.10 Å². The number of benzene rings is 1. The number of aliphatic hydroxyl groups excluding tert-OH is 1. The number of hydrogen-bond acceptors (Lipinski definition) is 4. The van der Waals surface area contributed by atoms with Gasteiger partial charge in [-0.15, -0.1) is 0 Å². The molecule has 1 aromatic heterocycles. The van der Waals surface area contributed by atoms with Crippen LogP contribution in [0.3, 0.4) is 0 Å². The van der Waals surface area contributed by atoms with Gasteiger partial charge >= 0.3 is 0 Å². The number of fused-ring (bicyclic) bond motifs is 1. The van der Waals surface area contributed by atoms with Gasteiger partial charge < -0.3 is 14.6 Å². The Bertz CT molecular complexity index is 675. The molecule has 0 bridgehead atoms. The molecule has 0 radical (unpaired) electrons. The van der Waals surface area contributed by atoms with Crippen molar-refractivity contribution in [3.63, 3.8) is 0 Å². The Morgan fingerprint density at radius 3 is 3.00 bits per heavy atom. The van der Waals surface area contributed by atoms with Gasteiger partial charge in [0.05, 0.1) is 18.4 Å². The number of aliphatic hydroxyl groups is 1.